The van der Waals surface area contributed by atoms with Crippen molar-refractivity contribution in [3.8, 4) is 0 Å². The van der Waals surface area contributed by atoms with Gasteiger partial charge in [-0.15, -0.1) is 0 Å². The summed E-state index contributed by atoms with van der Waals surface area (Å²) in [5.74, 6) is 0.695. The Hall–Kier alpha value is -1.07. The number of hydrogen-bond donors (Lipinski definition) is 1. The molecule has 0 aromatic carbocycles. The summed E-state index contributed by atoms with van der Waals surface area (Å²) in [6.45, 7) is 0.151. The number of thioether (sulfide) groups is 1. The second-order valence-electron chi connectivity index (χ2n) is 4.60. The van der Waals surface area contributed by atoms with Crippen molar-refractivity contribution in [1.82, 2.24) is 0 Å². The standard InChI is InChI=1S/C15H22O4S/c1-19-15(18)7-5-3-2-4-6-12-10-13(11-14(12)17)20-9-8-16/h2,4,10,13,16H,3,5-9,11H2,1H3. The number of allylic oxidation sites excluding steroid dienone is 3. The summed E-state index contributed by atoms with van der Waals surface area (Å²) in [7, 11) is 1.39. The maximum absolute atomic E-state index is 11.8. The maximum atomic E-state index is 11.8. The number of aliphatic hydroxyl groups is 1. The second kappa shape index (κ2) is 9.77. The number of methoxy groups -OCH3 is 1. The molecule has 1 atom stereocenters. The summed E-state index contributed by atoms with van der Waals surface area (Å²) < 4.78 is 4.56. The molecule has 0 saturated heterocycles. The van der Waals surface area contributed by atoms with Crippen LogP contribution in [0.25, 0.3) is 0 Å². The van der Waals surface area contributed by atoms with Crippen LogP contribution in [0.4, 0.5) is 0 Å². The van der Waals surface area contributed by atoms with E-state index in [4.69, 9.17) is 5.11 Å². The van der Waals surface area contributed by atoms with E-state index in [0.29, 0.717) is 25.0 Å². The summed E-state index contributed by atoms with van der Waals surface area (Å²) in [4.78, 5) is 22.7. The van der Waals surface area contributed by atoms with Crippen LogP contribution in [0, 0.1) is 0 Å². The Bertz CT molecular complexity index is 387. The minimum absolute atomic E-state index is 0.151. The Morgan fingerprint density at radius 1 is 1.55 bits per heavy atom. The molecule has 1 aliphatic carbocycles. The number of esters is 1. The van der Waals surface area contributed by atoms with Gasteiger partial charge >= 0.3 is 5.97 Å². The molecule has 1 unspecified atom stereocenters. The lowest BCUT2D eigenvalue weighted by Gasteiger charge is -2.02. The van der Waals surface area contributed by atoms with Crippen molar-refractivity contribution < 1.29 is 19.4 Å². The zero-order valence-corrected chi connectivity index (χ0v) is 12.7. The molecule has 0 fully saturated rings. The number of aliphatic hydroxyl groups excluding tert-OH is 1. The van der Waals surface area contributed by atoms with Gasteiger partial charge in [0, 0.05) is 23.8 Å². The predicted octanol–water partition coefficient (Wildman–Crippen LogP) is 2.27. The van der Waals surface area contributed by atoms with E-state index in [2.05, 4.69) is 4.74 Å². The van der Waals surface area contributed by atoms with E-state index in [1.54, 1.807) is 11.8 Å². The zero-order valence-electron chi connectivity index (χ0n) is 11.8. The highest BCUT2D eigenvalue weighted by Gasteiger charge is 2.22. The molecule has 112 valence electrons. The number of carbonyl (C=O) groups is 2. The lowest BCUT2D eigenvalue weighted by Crippen LogP contribution is -2.01. The van der Waals surface area contributed by atoms with E-state index in [0.717, 1.165) is 18.4 Å². The van der Waals surface area contributed by atoms with Gasteiger partial charge in [0.15, 0.2) is 5.78 Å². The smallest absolute Gasteiger partial charge is 0.305 e. The fraction of sp³-hybridized carbons (Fsp3) is 0.600. The third-order valence-corrected chi connectivity index (χ3v) is 4.19. The second-order valence-corrected chi connectivity index (χ2v) is 5.94. The summed E-state index contributed by atoms with van der Waals surface area (Å²) in [5, 5.41) is 8.99. The Balaban J connectivity index is 2.23. The number of ether oxygens (including phenoxy) is 1. The molecule has 0 bridgehead atoms. The van der Waals surface area contributed by atoms with Crippen molar-refractivity contribution in [3.05, 3.63) is 23.8 Å². The first-order valence-corrected chi connectivity index (χ1v) is 7.90. The zero-order chi connectivity index (χ0) is 14.8. The first-order chi connectivity index (χ1) is 9.67. The van der Waals surface area contributed by atoms with Gasteiger partial charge in [0.25, 0.3) is 0 Å². The van der Waals surface area contributed by atoms with Crippen molar-refractivity contribution >= 4 is 23.5 Å². The van der Waals surface area contributed by atoms with Gasteiger partial charge in [-0.1, -0.05) is 18.2 Å². The molecule has 0 heterocycles. The van der Waals surface area contributed by atoms with Gasteiger partial charge in [-0.25, -0.2) is 0 Å². The molecule has 0 amide bonds. The Labute approximate surface area is 124 Å². The van der Waals surface area contributed by atoms with Gasteiger partial charge in [-0.2, -0.15) is 11.8 Å². The van der Waals surface area contributed by atoms with Crippen LogP contribution in [-0.4, -0.2) is 41.6 Å². The third kappa shape index (κ3) is 6.39. The van der Waals surface area contributed by atoms with Gasteiger partial charge in [-0.3, -0.25) is 9.59 Å². The van der Waals surface area contributed by atoms with E-state index in [-0.39, 0.29) is 23.6 Å². The van der Waals surface area contributed by atoms with Gasteiger partial charge in [-0.05, 0) is 24.8 Å². The van der Waals surface area contributed by atoms with Crippen molar-refractivity contribution in [3.63, 3.8) is 0 Å². The van der Waals surface area contributed by atoms with E-state index >= 15 is 0 Å². The third-order valence-electron chi connectivity index (χ3n) is 3.04. The van der Waals surface area contributed by atoms with Crippen LogP contribution < -0.4 is 0 Å². The van der Waals surface area contributed by atoms with Gasteiger partial charge in [0.05, 0.1) is 13.7 Å². The predicted molar refractivity (Wildman–Crippen MR) is 80.7 cm³/mol. The van der Waals surface area contributed by atoms with Crippen LogP contribution in [0.2, 0.25) is 0 Å². The molecule has 1 N–H and O–H groups in total. The normalized spacial score (nSPS) is 18.6. The summed E-state index contributed by atoms with van der Waals surface area (Å²) >= 11 is 1.62. The van der Waals surface area contributed by atoms with Crippen LogP contribution in [0.3, 0.4) is 0 Å². The first kappa shape index (κ1) is 17.0. The molecule has 0 radical (unpaired) electrons. The molecular weight excluding hydrogens is 276 g/mol. The van der Waals surface area contributed by atoms with E-state index in [9.17, 15) is 9.59 Å². The fourth-order valence-electron chi connectivity index (χ4n) is 1.98. The van der Waals surface area contributed by atoms with Crippen LogP contribution in [0.15, 0.2) is 23.8 Å². The maximum Gasteiger partial charge on any atom is 0.305 e. The van der Waals surface area contributed by atoms with Crippen molar-refractivity contribution in [1.29, 1.82) is 0 Å². The molecular formula is C15H22O4S. The quantitative estimate of drug-likeness (QED) is 0.402. The summed E-state index contributed by atoms with van der Waals surface area (Å²) in [6, 6.07) is 0. The van der Waals surface area contributed by atoms with Crippen molar-refractivity contribution in [2.45, 2.75) is 37.4 Å². The number of unbranched alkanes of at least 4 members (excludes halogenated alkanes) is 1. The van der Waals surface area contributed by atoms with Crippen LogP contribution >= 0.6 is 11.8 Å². The van der Waals surface area contributed by atoms with Crippen LogP contribution in [0.1, 0.15) is 32.1 Å². The minimum Gasteiger partial charge on any atom is -0.469 e. The molecule has 1 aliphatic rings. The molecule has 20 heavy (non-hydrogen) atoms. The molecule has 0 aromatic rings. The van der Waals surface area contributed by atoms with Crippen molar-refractivity contribution in [2.75, 3.05) is 19.5 Å². The lowest BCUT2D eigenvalue weighted by molar-refractivity contribution is -0.140. The SMILES string of the molecule is COC(=O)CCCC=CCC1=CC(SCCO)CC1=O. The minimum atomic E-state index is -0.184. The highest BCUT2D eigenvalue weighted by Crippen LogP contribution is 2.27. The average Bonchev–Trinajstić information content (AvgIpc) is 2.80. The van der Waals surface area contributed by atoms with Gasteiger partial charge in [0.1, 0.15) is 0 Å². The summed E-state index contributed by atoms with van der Waals surface area (Å²) in [5.41, 5.74) is 0.865. The monoisotopic (exact) mass is 298 g/mol. The molecule has 1 rings (SSSR count). The number of carbonyl (C=O) groups excluding carboxylic acids is 2. The average molecular weight is 298 g/mol. The van der Waals surface area contributed by atoms with E-state index in [1.165, 1.54) is 7.11 Å². The molecule has 4 nitrogen and oxygen atoms in total. The van der Waals surface area contributed by atoms with Gasteiger partial charge in [0.2, 0.25) is 0 Å². The number of ketones is 1. The Kier molecular flexibility index (Phi) is 8.30. The highest BCUT2D eigenvalue weighted by molar-refractivity contribution is 8.00. The largest absolute Gasteiger partial charge is 0.469 e. The summed E-state index contributed by atoms with van der Waals surface area (Å²) in [6.07, 6.45) is 9.24. The molecule has 0 spiro atoms. The number of rotatable bonds is 9. The highest BCUT2D eigenvalue weighted by atomic mass is 32.2. The molecule has 0 saturated carbocycles. The Morgan fingerprint density at radius 3 is 3.05 bits per heavy atom. The molecule has 5 heteroatoms. The van der Waals surface area contributed by atoms with E-state index in [1.807, 2.05) is 18.2 Å². The van der Waals surface area contributed by atoms with E-state index < -0.39 is 0 Å². The topological polar surface area (TPSA) is 63.6 Å². The number of hydrogen-bond acceptors (Lipinski definition) is 5. The molecule has 0 aliphatic heterocycles. The van der Waals surface area contributed by atoms with Crippen LogP contribution in [0.5, 0.6) is 0 Å². The van der Waals surface area contributed by atoms with Crippen LogP contribution in [-0.2, 0) is 14.3 Å². The molecule has 0 aromatic heterocycles. The fourth-order valence-corrected chi connectivity index (χ4v) is 2.92. The van der Waals surface area contributed by atoms with Crippen molar-refractivity contribution in [2.24, 2.45) is 0 Å². The lowest BCUT2D eigenvalue weighted by atomic mass is 10.1. The first-order valence-electron chi connectivity index (χ1n) is 6.85. The Morgan fingerprint density at radius 2 is 2.35 bits per heavy atom. The number of Topliss-reactive ketones (excluding diaryl/α,β-unsaturated/α-hetero) is 1. The van der Waals surface area contributed by atoms with Gasteiger partial charge < -0.3 is 9.84 Å².